The second-order valence-electron chi connectivity index (χ2n) is 4.48. The number of aliphatic hydroxyl groups excluding tert-OH is 1. The van der Waals surface area contributed by atoms with Gasteiger partial charge in [-0.1, -0.05) is 6.07 Å². The van der Waals surface area contributed by atoms with E-state index in [-0.39, 0.29) is 11.6 Å². The molecule has 0 saturated heterocycles. The molecule has 0 fully saturated rings. The standard InChI is InChI=1S/C13H17NO4/c1-8(9(2)15)14-6-7-18-12-10(13(16)17)4-3-5-11(12)14/h3-5,8-9,15H,6-7H2,1-2H3,(H,16,17). The van der Waals surface area contributed by atoms with Gasteiger partial charge in [0, 0.05) is 0 Å². The molecule has 2 atom stereocenters. The van der Waals surface area contributed by atoms with Gasteiger partial charge < -0.3 is 19.8 Å². The second kappa shape index (κ2) is 4.86. The quantitative estimate of drug-likeness (QED) is 0.848. The summed E-state index contributed by atoms with van der Waals surface area (Å²) in [6.07, 6.45) is -0.496. The number of rotatable bonds is 3. The van der Waals surface area contributed by atoms with Gasteiger partial charge in [-0.2, -0.15) is 0 Å². The average Bonchev–Trinajstić information content (AvgIpc) is 2.36. The van der Waals surface area contributed by atoms with Crippen molar-refractivity contribution < 1.29 is 19.7 Å². The number of anilines is 1. The van der Waals surface area contributed by atoms with Crippen LogP contribution in [0.25, 0.3) is 0 Å². The molecule has 0 saturated carbocycles. The first-order valence-corrected chi connectivity index (χ1v) is 5.96. The largest absolute Gasteiger partial charge is 0.489 e. The second-order valence-corrected chi connectivity index (χ2v) is 4.48. The molecule has 18 heavy (non-hydrogen) atoms. The Labute approximate surface area is 106 Å². The molecule has 5 heteroatoms. The lowest BCUT2D eigenvalue weighted by Gasteiger charge is -2.37. The first kappa shape index (κ1) is 12.7. The van der Waals surface area contributed by atoms with E-state index in [9.17, 15) is 9.90 Å². The molecule has 0 aliphatic carbocycles. The maximum Gasteiger partial charge on any atom is 0.339 e. The van der Waals surface area contributed by atoms with E-state index in [1.807, 2.05) is 17.9 Å². The lowest BCUT2D eigenvalue weighted by atomic mass is 10.1. The van der Waals surface area contributed by atoms with Crippen LogP contribution in [0.1, 0.15) is 24.2 Å². The molecule has 5 nitrogen and oxygen atoms in total. The number of para-hydroxylation sites is 1. The molecule has 0 amide bonds. The van der Waals surface area contributed by atoms with Crippen LogP contribution in [0.2, 0.25) is 0 Å². The Morgan fingerprint density at radius 2 is 2.17 bits per heavy atom. The Kier molecular flexibility index (Phi) is 3.43. The number of benzene rings is 1. The van der Waals surface area contributed by atoms with Crippen molar-refractivity contribution >= 4 is 11.7 Å². The van der Waals surface area contributed by atoms with Gasteiger partial charge in [0.2, 0.25) is 0 Å². The fraction of sp³-hybridized carbons (Fsp3) is 0.462. The van der Waals surface area contributed by atoms with Crippen LogP contribution in [0.15, 0.2) is 18.2 Å². The van der Waals surface area contributed by atoms with E-state index in [1.165, 1.54) is 6.07 Å². The van der Waals surface area contributed by atoms with Gasteiger partial charge in [0.25, 0.3) is 0 Å². The molecule has 0 bridgehead atoms. The van der Waals surface area contributed by atoms with Gasteiger partial charge in [-0.25, -0.2) is 4.79 Å². The molecule has 2 rings (SSSR count). The van der Waals surface area contributed by atoms with Crippen molar-refractivity contribution in [1.82, 2.24) is 0 Å². The van der Waals surface area contributed by atoms with Gasteiger partial charge in [0.15, 0.2) is 5.75 Å². The SMILES string of the molecule is CC(O)C(C)N1CCOc2c(C(=O)O)cccc21. The third kappa shape index (κ3) is 2.13. The lowest BCUT2D eigenvalue weighted by molar-refractivity contribution is 0.0691. The van der Waals surface area contributed by atoms with E-state index < -0.39 is 12.1 Å². The van der Waals surface area contributed by atoms with Crippen molar-refractivity contribution in [2.75, 3.05) is 18.1 Å². The zero-order valence-corrected chi connectivity index (χ0v) is 10.5. The molecule has 1 aliphatic rings. The van der Waals surface area contributed by atoms with Crippen LogP contribution in [0.3, 0.4) is 0 Å². The molecule has 98 valence electrons. The number of ether oxygens (including phenoxy) is 1. The van der Waals surface area contributed by atoms with Crippen molar-refractivity contribution in [3.05, 3.63) is 23.8 Å². The number of hydrogen-bond acceptors (Lipinski definition) is 4. The Hall–Kier alpha value is -1.75. The van der Waals surface area contributed by atoms with Crippen LogP contribution in [-0.4, -0.2) is 41.5 Å². The summed E-state index contributed by atoms with van der Waals surface area (Å²) in [6.45, 7) is 4.70. The summed E-state index contributed by atoms with van der Waals surface area (Å²) in [4.78, 5) is 13.1. The van der Waals surface area contributed by atoms with E-state index in [1.54, 1.807) is 13.0 Å². The van der Waals surface area contributed by atoms with Crippen LogP contribution >= 0.6 is 0 Å². The van der Waals surface area contributed by atoms with E-state index in [0.29, 0.717) is 18.9 Å². The van der Waals surface area contributed by atoms with Gasteiger partial charge in [-0.15, -0.1) is 0 Å². The Bertz CT molecular complexity index is 458. The molecular weight excluding hydrogens is 234 g/mol. The summed E-state index contributed by atoms with van der Waals surface area (Å²) >= 11 is 0. The zero-order chi connectivity index (χ0) is 13.3. The molecular formula is C13H17NO4. The van der Waals surface area contributed by atoms with Crippen molar-refractivity contribution in [2.24, 2.45) is 0 Å². The fourth-order valence-corrected chi connectivity index (χ4v) is 2.12. The molecule has 2 N–H and O–H groups in total. The van der Waals surface area contributed by atoms with E-state index in [2.05, 4.69) is 0 Å². The number of aliphatic hydroxyl groups is 1. The summed E-state index contributed by atoms with van der Waals surface area (Å²) in [5, 5.41) is 18.8. The third-order valence-electron chi connectivity index (χ3n) is 3.30. The lowest BCUT2D eigenvalue weighted by Crippen LogP contribution is -2.45. The highest BCUT2D eigenvalue weighted by Crippen LogP contribution is 2.36. The minimum absolute atomic E-state index is 0.0864. The maximum absolute atomic E-state index is 11.1. The number of hydrogen-bond donors (Lipinski definition) is 2. The van der Waals surface area contributed by atoms with Gasteiger partial charge in [0.1, 0.15) is 12.2 Å². The van der Waals surface area contributed by atoms with Crippen molar-refractivity contribution in [3.8, 4) is 5.75 Å². The van der Waals surface area contributed by atoms with Crippen LogP contribution in [0.4, 0.5) is 5.69 Å². The smallest absolute Gasteiger partial charge is 0.339 e. The molecule has 0 radical (unpaired) electrons. The van der Waals surface area contributed by atoms with Crippen LogP contribution in [-0.2, 0) is 0 Å². The van der Waals surface area contributed by atoms with Crippen molar-refractivity contribution in [2.45, 2.75) is 26.0 Å². The predicted molar refractivity (Wildman–Crippen MR) is 67.4 cm³/mol. The van der Waals surface area contributed by atoms with E-state index >= 15 is 0 Å². The Balaban J connectivity index is 2.44. The molecule has 0 aromatic heterocycles. The summed E-state index contributed by atoms with van der Waals surface area (Å²) in [5.74, 6) is -0.609. The molecule has 2 unspecified atom stereocenters. The van der Waals surface area contributed by atoms with Gasteiger partial charge in [-0.05, 0) is 26.0 Å². The zero-order valence-electron chi connectivity index (χ0n) is 10.5. The number of fused-ring (bicyclic) bond motifs is 1. The molecule has 0 spiro atoms. The van der Waals surface area contributed by atoms with Crippen molar-refractivity contribution in [3.63, 3.8) is 0 Å². The van der Waals surface area contributed by atoms with E-state index in [0.717, 1.165) is 5.69 Å². The number of carbonyl (C=O) groups is 1. The highest BCUT2D eigenvalue weighted by atomic mass is 16.5. The molecule has 1 aromatic carbocycles. The van der Waals surface area contributed by atoms with E-state index in [4.69, 9.17) is 9.84 Å². The maximum atomic E-state index is 11.1. The highest BCUT2D eigenvalue weighted by molar-refractivity contribution is 5.93. The van der Waals surface area contributed by atoms with Gasteiger partial charge >= 0.3 is 5.97 Å². The summed E-state index contributed by atoms with van der Waals surface area (Å²) in [6, 6.07) is 4.95. The highest BCUT2D eigenvalue weighted by Gasteiger charge is 2.28. The average molecular weight is 251 g/mol. The fourth-order valence-electron chi connectivity index (χ4n) is 2.12. The molecule has 1 aromatic rings. The number of aromatic carboxylic acids is 1. The first-order chi connectivity index (χ1) is 8.52. The Morgan fingerprint density at radius 1 is 1.44 bits per heavy atom. The van der Waals surface area contributed by atoms with Crippen LogP contribution in [0.5, 0.6) is 5.75 Å². The van der Waals surface area contributed by atoms with Crippen LogP contribution in [0, 0.1) is 0 Å². The Morgan fingerprint density at radius 3 is 2.78 bits per heavy atom. The van der Waals surface area contributed by atoms with Crippen molar-refractivity contribution in [1.29, 1.82) is 0 Å². The summed E-state index contributed by atoms with van der Waals surface area (Å²) < 4.78 is 5.47. The van der Waals surface area contributed by atoms with Crippen LogP contribution < -0.4 is 9.64 Å². The third-order valence-corrected chi connectivity index (χ3v) is 3.30. The molecule has 1 heterocycles. The topological polar surface area (TPSA) is 70.0 Å². The number of carboxylic acid groups (broad SMARTS) is 1. The molecule has 1 aliphatic heterocycles. The first-order valence-electron chi connectivity index (χ1n) is 5.96. The summed E-state index contributed by atoms with van der Waals surface area (Å²) in [5.41, 5.74) is 0.893. The minimum atomic E-state index is -1.00. The van der Waals surface area contributed by atoms with Gasteiger partial charge in [-0.3, -0.25) is 0 Å². The van der Waals surface area contributed by atoms with Gasteiger partial charge in [0.05, 0.1) is 24.4 Å². The monoisotopic (exact) mass is 251 g/mol. The normalized spacial score (nSPS) is 17.6. The predicted octanol–water partition coefficient (Wildman–Crippen LogP) is 1.35. The number of nitrogens with zero attached hydrogens (tertiary/aromatic N) is 1. The summed E-state index contributed by atoms with van der Waals surface area (Å²) in [7, 11) is 0. The minimum Gasteiger partial charge on any atom is -0.489 e. The number of carboxylic acids is 1.